The van der Waals surface area contributed by atoms with Crippen LogP contribution in [-0.4, -0.2) is 36.9 Å². The minimum Gasteiger partial charge on any atom is -0.497 e. The molecule has 0 aliphatic rings. The summed E-state index contributed by atoms with van der Waals surface area (Å²) in [6.45, 7) is 0.759. The minimum atomic E-state index is -0.627. The third-order valence-electron chi connectivity index (χ3n) is 4.47. The third kappa shape index (κ3) is 8.50. The molecule has 0 radical (unpaired) electrons. The van der Waals surface area contributed by atoms with Crippen LogP contribution in [0.2, 0.25) is 0 Å². The monoisotopic (exact) mass is 415 g/mol. The lowest BCUT2D eigenvalue weighted by atomic mass is 10.1. The van der Waals surface area contributed by atoms with Gasteiger partial charge in [0.25, 0.3) is 5.91 Å². The molecule has 8 heteroatoms. The van der Waals surface area contributed by atoms with Crippen LogP contribution in [0.3, 0.4) is 0 Å². The number of nitrogens with one attached hydrogen (secondary N) is 3. The number of hydroxylamine groups is 1. The zero-order chi connectivity index (χ0) is 21.6. The Morgan fingerprint density at radius 3 is 2.40 bits per heavy atom. The fourth-order valence-corrected chi connectivity index (χ4v) is 2.83. The fraction of sp³-hybridized carbons (Fsp3) is 0.364. The molecule has 3 amide bonds. The standard InChI is InChI=1S/C22H29N3O5/c1-29-19-13-11-17(12-14-19)16-30-20(10-6-3-7-15-23-22(27)25-28)21(26)24-18-8-4-2-5-9-18/h2,4-5,8-9,11-14,20,28H,3,6-7,10,15-16H2,1H3,(H,24,26)(H2,23,25,27). The normalized spacial score (nSPS) is 11.4. The predicted octanol–water partition coefficient (Wildman–Crippen LogP) is 3.47. The number of rotatable bonds is 12. The molecule has 0 spiro atoms. The van der Waals surface area contributed by atoms with Gasteiger partial charge in [0, 0.05) is 12.2 Å². The number of para-hydroxylation sites is 1. The highest BCUT2D eigenvalue weighted by atomic mass is 16.5. The van der Waals surface area contributed by atoms with E-state index in [-0.39, 0.29) is 5.91 Å². The van der Waals surface area contributed by atoms with Crippen molar-refractivity contribution in [3.8, 4) is 5.75 Å². The molecule has 2 rings (SSSR count). The summed E-state index contributed by atoms with van der Waals surface area (Å²) in [5.41, 5.74) is 3.19. The first-order valence-corrected chi connectivity index (χ1v) is 9.90. The molecule has 8 nitrogen and oxygen atoms in total. The Bertz CT molecular complexity index is 768. The molecule has 0 fully saturated rings. The lowest BCUT2D eigenvalue weighted by Crippen LogP contribution is -2.33. The van der Waals surface area contributed by atoms with Gasteiger partial charge in [-0.15, -0.1) is 0 Å². The zero-order valence-electron chi connectivity index (χ0n) is 17.1. The average molecular weight is 415 g/mol. The van der Waals surface area contributed by atoms with E-state index in [2.05, 4.69) is 10.6 Å². The SMILES string of the molecule is COc1ccc(COC(CCCCCNC(=O)NO)C(=O)Nc2ccccc2)cc1. The van der Waals surface area contributed by atoms with Crippen molar-refractivity contribution in [2.45, 2.75) is 38.4 Å². The highest BCUT2D eigenvalue weighted by molar-refractivity contribution is 5.94. The average Bonchev–Trinajstić information content (AvgIpc) is 2.78. The van der Waals surface area contributed by atoms with Crippen LogP contribution in [0.5, 0.6) is 5.75 Å². The van der Waals surface area contributed by atoms with E-state index in [1.807, 2.05) is 54.6 Å². The van der Waals surface area contributed by atoms with Gasteiger partial charge in [-0.3, -0.25) is 10.0 Å². The number of carbonyl (C=O) groups excluding carboxylic acids is 2. The second-order valence-corrected chi connectivity index (χ2v) is 6.72. The molecular formula is C22H29N3O5. The molecule has 1 atom stereocenters. The summed E-state index contributed by atoms with van der Waals surface area (Å²) >= 11 is 0. The number of urea groups is 1. The van der Waals surface area contributed by atoms with Crippen molar-refractivity contribution in [2.24, 2.45) is 0 Å². The molecule has 0 bridgehead atoms. The molecule has 0 aromatic heterocycles. The summed E-state index contributed by atoms with van der Waals surface area (Å²) in [5, 5.41) is 13.8. The summed E-state index contributed by atoms with van der Waals surface area (Å²) in [4.78, 5) is 23.7. The van der Waals surface area contributed by atoms with Crippen molar-refractivity contribution in [2.75, 3.05) is 19.0 Å². The fourth-order valence-electron chi connectivity index (χ4n) is 2.83. The summed E-state index contributed by atoms with van der Waals surface area (Å²) < 4.78 is 11.1. The van der Waals surface area contributed by atoms with Crippen LogP contribution in [0.4, 0.5) is 10.5 Å². The van der Waals surface area contributed by atoms with Gasteiger partial charge in [0.1, 0.15) is 11.9 Å². The topological polar surface area (TPSA) is 109 Å². The van der Waals surface area contributed by atoms with E-state index in [1.54, 1.807) is 7.11 Å². The van der Waals surface area contributed by atoms with Crippen molar-refractivity contribution in [3.63, 3.8) is 0 Å². The molecular weight excluding hydrogens is 386 g/mol. The Balaban J connectivity index is 1.86. The number of methoxy groups -OCH3 is 1. The van der Waals surface area contributed by atoms with Gasteiger partial charge in [-0.25, -0.2) is 10.3 Å². The summed E-state index contributed by atoms with van der Waals surface area (Å²) in [5.74, 6) is 0.577. The van der Waals surface area contributed by atoms with E-state index in [9.17, 15) is 9.59 Å². The smallest absolute Gasteiger partial charge is 0.338 e. The highest BCUT2D eigenvalue weighted by Gasteiger charge is 2.19. The van der Waals surface area contributed by atoms with E-state index < -0.39 is 12.1 Å². The number of hydrogen-bond acceptors (Lipinski definition) is 5. The van der Waals surface area contributed by atoms with Gasteiger partial charge >= 0.3 is 6.03 Å². The molecule has 1 unspecified atom stereocenters. The van der Waals surface area contributed by atoms with Crippen LogP contribution in [0.1, 0.15) is 31.2 Å². The largest absolute Gasteiger partial charge is 0.497 e. The summed E-state index contributed by atoms with van der Waals surface area (Å²) in [7, 11) is 1.61. The number of hydrogen-bond donors (Lipinski definition) is 4. The molecule has 0 saturated heterocycles. The molecule has 2 aromatic rings. The van der Waals surface area contributed by atoms with Crippen molar-refractivity contribution >= 4 is 17.6 Å². The molecule has 0 aliphatic carbocycles. The van der Waals surface area contributed by atoms with E-state index in [1.165, 1.54) is 5.48 Å². The Morgan fingerprint density at radius 1 is 1.00 bits per heavy atom. The Kier molecular flexibility index (Phi) is 10.2. The van der Waals surface area contributed by atoms with Crippen LogP contribution in [0.15, 0.2) is 54.6 Å². The third-order valence-corrected chi connectivity index (χ3v) is 4.47. The second-order valence-electron chi connectivity index (χ2n) is 6.72. The van der Waals surface area contributed by atoms with Gasteiger partial charge in [0.15, 0.2) is 0 Å². The van der Waals surface area contributed by atoms with Crippen molar-refractivity contribution in [3.05, 3.63) is 60.2 Å². The number of carbonyl (C=O) groups is 2. The lowest BCUT2D eigenvalue weighted by Gasteiger charge is -2.18. The maximum absolute atomic E-state index is 12.7. The summed E-state index contributed by atoms with van der Waals surface area (Å²) in [6, 6.07) is 16.2. The van der Waals surface area contributed by atoms with Crippen LogP contribution >= 0.6 is 0 Å². The quantitative estimate of drug-likeness (QED) is 0.241. The molecule has 0 aliphatic heterocycles. The molecule has 162 valence electrons. The Hall–Kier alpha value is -3.10. The van der Waals surface area contributed by atoms with Crippen LogP contribution in [0.25, 0.3) is 0 Å². The predicted molar refractivity (Wildman–Crippen MR) is 113 cm³/mol. The van der Waals surface area contributed by atoms with Gasteiger partial charge < -0.3 is 20.1 Å². The number of amides is 3. The number of unbranched alkanes of at least 4 members (excludes halogenated alkanes) is 2. The second kappa shape index (κ2) is 13.2. The first-order chi connectivity index (χ1) is 14.6. The van der Waals surface area contributed by atoms with E-state index >= 15 is 0 Å². The molecule has 0 saturated carbocycles. The number of ether oxygens (including phenoxy) is 2. The van der Waals surface area contributed by atoms with Crippen LogP contribution in [-0.2, 0) is 16.1 Å². The van der Waals surface area contributed by atoms with Gasteiger partial charge in [0.2, 0.25) is 0 Å². The Morgan fingerprint density at radius 2 is 1.73 bits per heavy atom. The number of anilines is 1. The first kappa shape index (κ1) is 23.2. The van der Waals surface area contributed by atoms with E-state index in [4.69, 9.17) is 14.7 Å². The van der Waals surface area contributed by atoms with Gasteiger partial charge in [-0.2, -0.15) is 0 Å². The van der Waals surface area contributed by atoms with Crippen molar-refractivity contribution in [1.29, 1.82) is 0 Å². The van der Waals surface area contributed by atoms with Crippen LogP contribution in [0, 0.1) is 0 Å². The van der Waals surface area contributed by atoms with Gasteiger partial charge in [-0.1, -0.05) is 43.2 Å². The van der Waals surface area contributed by atoms with Crippen LogP contribution < -0.4 is 20.9 Å². The lowest BCUT2D eigenvalue weighted by molar-refractivity contribution is -0.128. The summed E-state index contributed by atoms with van der Waals surface area (Å²) in [6.07, 6.45) is 2.27. The van der Waals surface area contributed by atoms with E-state index in [0.717, 1.165) is 36.3 Å². The highest BCUT2D eigenvalue weighted by Crippen LogP contribution is 2.16. The van der Waals surface area contributed by atoms with E-state index in [0.29, 0.717) is 19.6 Å². The maximum Gasteiger partial charge on any atom is 0.338 e. The van der Waals surface area contributed by atoms with Crippen molar-refractivity contribution < 1.29 is 24.3 Å². The maximum atomic E-state index is 12.7. The molecule has 2 aromatic carbocycles. The first-order valence-electron chi connectivity index (χ1n) is 9.90. The van der Waals surface area contributed by atoms with Gasteiger partial charge in [0.05, 0.1) is 13.7 Å². The van der Waals surface area contributed by atoms with Crippen molar-refractivity contribution in [1.82, 2.24) is 10.8 Å². The van der Waals surface area contributed by atoms with Gasteiger partial charge in [-0.05, 0) is 42.7 Å². The number of benzene rings is 2. The Labute approximate surface area is 176 Å². The zero-order valence-corrected chi connectivity index (χ0v) is 17.1. The molecule has 0 heterocycles. The molecule has 30 heavy (non-hydrogen) atoms. The minimum absolute atomic E-state index is 0.188. The molecule has 4 N–H and O–H groups in total.